The van der Waals surface area contributed by atoms with Gasteiger partial charge in [0.15, 0.2) is 0 Å². The first-order valence-corrected chi connectivity index (χ1v) is 6.08. The van der Waals surface area contributed by atoms with Crippen molar-refractivity contribution < 1.29 is 10.0 Å². The molecule has 0 aromatic carbocycles. The molecule has 1 aromatic heterocycles. The highest BCUT2D eigenvalue weighted by molar-refractivity contribution is 5.20. The average Bonchev–Trinajstić information content (AvgIpc) is 2.72. The van der Waals surface area contributed by atoms with Gasteiger partial charge in [-0.1, -0.05) is 0 Å². The van der Waals surface area contributed by atoms with Crippen LogP contribution in [0.25, 0.3) is 0 Å². The van der Waals surface area contributed by atoms with Crippen LogP contribution in [-0.2, 0) is 6.54 Å². The summed E-state index contributed by atoms with van der Waals surface area (Å²) in [5.74, 6) is 0. The summed E-state index contributed by atoms with van der Waals surface area (Å²) < 4.78 is 1.40. The van der Waals surface area contributed by atoms with Gasteiger partial charge in [-0.3, -0.25) is 14.8 Å². The molecule has 18 heavy (non-hydrogen) atoms. The average molecular weight is 254 g/mol. The van der Waals surface area contributed by atoms with Crippen LogP contribution >= 0.6 is 0 Å². The largest absolute Gasteiger partial charge is 0.390 e. The van der Waals surface area contributed by atoms with Crippen molar-refractivity contribution in [1.29, 1.82) is 0 Å². The number of nitro groups is 1. The lowest BCUT2D eigenvalue weighted by Crippen LogP contribution is -2.51. The fourth-order valence-electron chi connectivity index (χ4n) is 2.08. The highest BCUT2D eigenvalue weighted by Gasteiger charge is 2.31. The summed E-state index contributed by atoms with van der Waals surface area (Å²) in [5, 5.41) is 27.5. The topological polar surface area (TPSA) is 93.2 Å². The van der Waals surface area contributed by atoms with Gasteiger partial charge < -0.3 is 10.4 Å². The van der Waals surface area contributed by atoms with Crippen molar-refractivity contribution in [2.75, 3.05) is 6.54 Å². The van der Waals surface area contributed by atoms with Crippen molar-refractivity contribution in [2.24, 2.45) is 0 Å². The van der Waals surface area contributed by atoms with Crippen molar-refractivity contribution in [3.8, 4) is 0 Å². The van der Waals surface area contributed by atoms with Crippen molar-refractivity contribution in [1.82, 2.24) is 15.1 Å². The van der Waals surface area contributed by atoms with Crippen molar-refractivity contribution in [3.63, 3.8) is 0 Å². The first-order valence-electron chi connectivity index (χ1n) is 6.08. The van der Waals surface area contributed by atoms with E-state index in [-0.39, 0.29) is 17.8 Å². The number of aliphatic hydroxyl groups is 1. The minimum Gasteiger partial charge on any atom is -0.390 e. The summed E-state index contributed by atoms with van der Waals surface area (Å²) in [6.07, 6.45) is 5.41. The molecule has 0 amide bonds. The van der Waals surface area contributed by atoms with E-state index in [0.29, 0.717) is 6.54 Å². The zero-order valence-electron chi connectivity index (χ0n) is 10.4. The summed E-state index contributed by atoms with van der Waals surface area (Å²) >= 11 is 0. The fraction of sp³-hybridized carbons (Fsp3) is 0.727. The molecule has 1 saturated carbocycles. The lowest BCUT2D eigenvalue weighted by atomic mass is 9.78. The quantitative estimate of drug-likeness (QED) is 0.575. The molecule has 2 N–H and O–H groups in total. The van der Waals surface area contributed by atoms with Crippen LogP contribution in [0.3, 0.4) is 0 Å². The van der Waals surface area contributed by atoms with Crippen molar-refractivity contribution in [3.05, 3.63) is 22.5 Å². The summed E-state index contributed by atoms with van der Waals surface area (Å²) in [7, 11) is 0. The van der Waals surface area contributed by atoms with E-state index >= 15 is 0 Å². The number of rotatable bonds is 6. The Morgan fingerprint density at radius 2 is 2.44 bits per heavy atom. The zero-order chi connectivity index (χ0) is 13.2. The Kier molecular flexibility index (Phi) is 3.63. The lowest BCUT2D eigenvalue weighted by molar-refractivity contribution is -0.385. The van der Waals surface area contributed by atoms with Gasteiger partial charge in [0.25, 0.3) is 0 Å². The molecule has 1 atom stereocenters. The molecule has 0 bridgehead atoms. The SMILES string of the molecule is CC1(NCC(O)Cn2cc([N+](=O)[O-])cn2)CCC1. The second kappa shape index (κ2) is 5.03. The Morgan fingerprint density at radius 3 is 2.94 bits per heavy atom. The molecule has 7 nitrogen and oxygen atoms in total. The number of nitrogens with zero attached hydrogens (tertiary/aromatic N) is 3. The molecule has 1 aromatic rings. The van der Waals surface area contributed by atoms with Crippen molar-refractivity contribution in [2.45, 2.75) is 44.4 Å². The molecule has 0 saturated heterocycles. The number of hydrogen-bond donors (Lipinski definition) is 2. The molecular weight excluding hydrogens is 236 g/mol. The Bertz CT molecular complexity index is 428. The maximum absolute atomic E-state index is 10.5. The van der Waals surface area contributed by atoms with Gasteiger partial charge in [0, 0.05) is 12.1 Å². The molecule has 2 rings (SSSR count). The number of β-amino-alcohol motifs (C(OH)–C–C–N with tert-alkyl or cyclic N) is 1. The first-order chi connectivity index (χ1) is 8.48. The molecule has 100 valence electrons. The maximum atomic E-state index is 10.5. The second-order valence-corrected chi connectivity index (χ2v) is 5.13. The van der Waals surface area contributed by atoms with Gasteiger partial charge in [0.05, 0.1) is 17.6 Å². The van der Waals surface area contributed by atoms with Crippen LogP contribution in [0.15, 0.2) is 12.4 Å². The smallest absolute Gasteiger partial charge is 0.306 e. The van der Waals surface area contributed by atoms with Gasteiger partial charge in [-0.15, -0.1) is 0 Å². The molecule has 1 fully saturated rings. The van der Waals surface area contributed by atoms with E-state index in [1.54, 1.807) is 0 Å². The summed E-state index contributed by atoms with van der Waals surface area (Å²) in [6, 6.07) is 0. The summed E-state index contributed by atoms with van der Waals surface area (Å²) in [4.78, 5) is 9.98. The van der Waals surface area contributed by atoms with Crippen LogP contribution in [0.4, 0.5) is 5.69 Å². The minimum absolute atomic E-state index is 0.0545. The monoisotopic (exact) mass is 254 g/mol. The van der Waals surface area contributed by atoms with E-state index in [1.807, 2.05) is 0 Å². The Morgan fingerprint density at radius 1 is 1.72 bits per heavy atom. The maximum Gasteiger partial charge on any atom is 0.306 e. The molecule has 0 radical (unpaired) electrons. The molecule has 0 aliphatic heterocycles. The predicted octanol–water partition coefficient (Wildman–Crippen LogP) is 0.684. The van der Waals surface area contributed by atoms with Crippen LogP contribution in [0, 0.1) is 10.1 Å². The molecule has 0 spiro atoms. The summed E-state index contributed by atoms with van der Waals surface area (Å²) in [5.41, 5.74) is 0.0954. The van der Waals surface area contributed by atoms with Crippen molar-refractivity contribution >= 4 is 5.69 Å². The third-order valence-corrected chi connectivity index (χ3v) is 3.45. The van der Waals surface area contributed by atoms with Gasteiger partial charge in [-0.2, -0.15) is 5.10 Å². The van der Waals surface area contributed by atoms with E-state index in [2.05, 4.69) is 17.3 Å². The molecule has 1 heterocycles. The Labute approximate surface area is 105 Å². The van der Waals surface area contributed by atoms with E-state index in [9.17, 15) is 15.2 Å². The van der Waals surface area contributed by atoms with Gasteiger partial charge in [-0.05, 0) is 26.2 Å². The van der Waals surface area contributed by atoms with Gasteiger partial charge in [0.1, 0.15) is 12.4 Å². The standard InChI is InChI=1S/C11H18N4O3/c1-11(3-2-4-11)12-6-10(16)8-14-7-9(5-13-14)15(17)18/h5,7,10,12,16H,2-4,6,8H2,1H3. The number of aliphatic hydroxyl groups excluding tert-OH is 1. The molecule has 1 aliphatic carbocycles. The first kappa shape index (κ1) is 13.0. The van der Waals surface area contributed by atoms with E-state index < -0.39 is 11.0 Å². The van der Waals surface area contributed by atoms with E-state index in [1.165, 1.54) is 23.5 Å². The molecule has 1 aliphatic rings. The number of aromatic nitrogens is 2. The molecular formula is C11H18N4O3. The summed E-state index contributed by atoms with van der Waals surface area (Å²) in [6.45, 7) is 2.88. The number of hydrogen-bond acceptors (Lipinski definition) is 5. The highest BCUT2D eigenvalue weighted by atomic mass is 16.6. The van der Waals surface area contributed by atoms with Crippen LogP contribution in [0.5, 0.6) is 0 Å². The van der Waals surface area contributed by atoms with Crippen LogP contribution in [-0.4, -0.2) is 38.0 Å². The lowest BCUT2D eigenvalue weighted by Gasteiger charge is -2.40. The van der Waals surface area contributed by atoms with Crippen LogP contribution < -0.4 is 5.32 Å². The molecule has 1 unspecified atom stereocenters. The Balaban J connectivity index is 1.79. The van der Waals surface area contributed by atoms with Crippen LogP contribution in [0.2, 0.25) is 0 Å². The van der Waals surface area contributed by atoms with Crippen LogP contribution in [0.1, 0.15) is 26.2 Å². The molecule has 7 heteroatoms. The van der Waals surface area contributed by atoms with Gasteiger partial charge in [0.2, 0.25) is 0 Å². The normalized spacial score (nSPS) is 19.2. The van der Waals surface area contributed by atoms with E-state index in [0.717, 1.165) is 12.8 Å². The number of nitrogens with one attached hydrogen (secondary N) is 1. The highest BCUT2D eigenvalue weighted by Crippen LogP contribution is 2.30. The zero-order valence-corrected chi connectivity index (χ0v) is 10.4. The van der Waals surface area contributed by atoms with Gasteiger partial charge in [-0.25, -0.2) is 0 Å². The third-order valence-electron chi connectivity index (χ3n) is 3.45. The van der Waals surface area contributed by atoms with E-state index in [4.69, 9.17) is 0 Å². The predicted molar refractivity (Wildman–Crippen MR) is 65.1 cm³/mol. The fourth-order valence-corrected chi connectivity index (χ4v) is 2.08. The Hall–Kier alpha value is -1.47. The minimum atomic E-state index is -0.595. The van der Waals surface area contributed by atoms with Gasteiger partial charge >= 0.3 is 5.69 Å². The second-order valence-electron chi connectivity index (χ2n) is 5.13. The third kappa shape index (κ3) is 3.05.